The Morgan fingerprint density at radius 3 is 3.00 bits per heavy atom. The molecule has 0 saturated carbocycles. The number of carboxylic acids is 1. The highest BCUT2D eigenvalue weighted by Crippen LogP contribution is 2.22. The first-order chi connectivity index (χ1) is 8.18. The number of nitrogens with zero attached hydrogens (tertiary/aromatic N) is 2. The van der Waals surface area contributed by atoms with Crippen LogP contribution in [0.2, 0.25) is 0 Å². The van der Waals surface area contributed by atoms with Crippen molar-refractivity contribution in [3.8, 4) is 0 Å². The fourth-order valence-corrected chi connectivity index (χ4v) is 3.22. The van der Waals surface area contributed by atoms with Crippen LogP contribution in [0.1, 0.15) is 28.9 Å². The lowest BCUT2D eigenvalue weighted by Crippen LogP contribution is -2.34. The highest BCUT2D eigenvalue weighted by atomic mass is 32.2. The van der Waals surface area contributed by atoms with Gasteiger partial charge in [0, 0.05) is 18.2 Å². The fraction of sp³-hybridized carbons (Fsp3) is 0.636. The predicted octanol–water partition coefficient (Wildman–Crippen LogP) is 1.44. The van der Waals surface area contributed by atoms with E-state index in [1.165, 1.54) is 24.3 Å². The van der Waals surface area contributed by atoms with E-state index in [4.69, 9.17) is 5.11 Å². The Morgan fingerprint density at radius 2 is 2.35 bits per heavy atom. The second-order valence-corrected chi connectivity index (χ2v) is 5.56. The molecular formula is C11H17N3O2S. The Hall–Kier alpha value is -1.01. The molecule has 0 spiro atoms. The van der Waals surface area contributed by atoms with Gasteiger partial charge in [0.05, 0.1) is 6.20 Å². The van der Waals surface area contributed by atoms with Crippen molar-refractivity contribution in [1.82, 2.24) is 15.1 Å². The van der Waals surface area contributed by atoms with Gasteiger partial charge in [0.2, 0.25) is 0 Å². The second kappa shape index (κ2) is 5.55. The zero-order valence-electron chi connectivity index (χ0n) is 9.85. The van der Waals surface area contributed by atoms with Crippen molar-refractivity contribution in [1.29, 1.82) is 0 Å². The van der Waals surface area contributed by atoms with E-state index < -0.39 is 5.97 Å². The minimum absolute atomic E-state index is 0.210. The van der Waals surface area contributed by atoms with E-state index in [1.54, 1.807) is 6.20 Å². The Morgan fingerprint density at radius 1 is 1.65 bits per heavy atom. The zero-order chi connectivity index (χ0) is 12.3. The average molecular weight is 255 g/mol. The van der Waals surface area contributed by atoms with Crippen LogP contribution in [0.5, 0.6) is 0 Å². The van der Waals surface area contributed by atoms with Crippen LogP contribution in [0.25, 0.3) is 0 Å². The first kappa shape index (κ1) is 12.4. The smallest absolute Gasteiger partial charge is 0.354 e. The molecule has 0 unspecified atom stereocenters. The van der Waals surface area contributed by atoms with Crippen molar-refractivity contribution in [3.05, 3.63) is 17.5 Å². The standard InChI is InChI=1S/C11H17N3O2S/c1-14(9-2-4-17-5-3-9)7-8-6-12-13-10(8)11(15)16/h6,9H,2-5,7H2,1H3,(H,12,13)(H,15,16). The van der Waals surface area contributed by atoms with Gasteiger partial charge in [-0.15, -0.1) is 0 Å². The maximum Gasteiger partial charge on any atom is 0.354 e. The molecule has 0 bridgehead atoms. The van der Waals surface area contributed by atoms with Crippen LogP contribution in [0.4, 0.5) is 0 Å². The van der Waals surface area contributed by atoms with Crippen LogP contribution in [0.15, 0.2) is 6.20 Å². The number of hydrogen-bond donors (Lipinski definition) is 2. The lowest BCUT2D eigenvalue weighted by atomic mass is 10.1. The third-order valence-electron chi connectivity index (χ3n) is 3.17. The van der Waals surface area contributed by atoms with Gasteiger partial charge in [0.25, 0.3) is 0 Å². The molecule has 2 heterocycles. The van der Waals surface area contributed by atoms with E-state index in [9.17, 15) is 4.79 Å². The highest BCUT2D eigenvalue weighted by molar-refractivity contribution is 7.99. The molecule has 1 fully saturated rings. The molecule has 1 saturated heterocycles. The van der Waals surface area contributed by atoms with E-state index in [-0.39, 0.29) is 5.69 Å². The monoisotopic (exact) mass is 255 g/mol. The number of thioether (sulfide) groups is 1. The number of hydrogen-bond acceptors (Lipinski definition) is 4. The summed E-state index contributed by atoms with van der Waals surface area (Å²) in [6.07, 6.45) is 3.97. The van der Waals surface area contributed by atoms with Crippen molar-refractivity contribution in [2.24, 2.45) is 0 Å². The van der Waals surface area contributed by atoms with E-state index in [1.807, 2.05) is 11.8 Å². The molecule has 0 aliphatic carbocycles. The number of aromatic nitrogens is 2. The summed E-state index contributed by atoms with van der Waals surface area (Å²) < 4.78 is 0. The second-order valence-electron chi connectivity index (χ2n) is 4.33. The van der Waals surface area contributed by atoms with E-state index in [2.05, 4.69) is 22.1 Å². The number of carbonyl (C=O) groups is 1. The molecule has 6 heteroatoms. The molecular weight excluding hydrogens is 238 g/mol. The van der Waals surface area contributed by atoms with Gasteiger partial charge in [-0.3, -0.25) is 10.00 Å². The van der Waals surface area contributed by atoms with Crippen molar-refractivity contribution in [2.75, 3.05) is 18.6 Å². The van der Waals surface area contributed by atoms with Gasteiger partial charge in [-0.25, -0.2) is 4.79 Å². The molecule has 5 nitrogen and oxygen atoms in total. The fourth-order valence-electron chi connectivity index (χ4n) is 2.14. The Labute approximate surface area is 105 Å². The van der Waals surface area contributed by atoms with Crippen LogP contribution in [0.3, 0.4) is 0 Å². The number of aromatic amines is 1. The minimum atomic E-state index is -0.940. The Balaban J connectivity index is 1.99. The summed E-state index contributed by atoms with van der Waals surface area (Å²) in [5, 5.41) is 15.3. The van der Waals surface area contributed by atoms with Gasteiger partial charge >= 0.3 is 5.97 Å². The maximum atomic E-state index is 10.9. The van der Waals surface area contributed by atoms with Crippen molar-refractivity contribution < 1.29 is 9.90 Å². The molecule has 2 N–H and O–H groups in total. The summed E-state index contributed by atoms with van der Waals surface area (Å²) in [6, 6.07) is 0.563. The molecule has 0 amide bonds. The Bertz CT molecular complexity index is 388. The number of rotatable bonds is 4. The van der Waals surface area contributed by atoms with Crippen LogP contribution in [-0.4, -0.2) is 50.8 Å². The molecule has 0 radical (unpaired) electrons. The van der Waals surface area contributed by atoms with Crippen LogP contribution in [0, 0.1) is 0 Å². The van der Waals surface area contributed by atoms with E-state index in [0.717, 1.165) is 5.56 Å². The number of carboxylic acid groups (broad SMARTS) is 1. The summed E-state index contributed by atoms with van der Waals surface area (Å²) in [5.41, 5.74) is 0.972. The van der Waals surface area contributed by atoms with Gasteiger partial charge < -0.3 is 5.11 Å². The topological polar surface area (TPSA) is 69.2 Å². The van der Waals surface area contributed by atoms with Crippen molar-refractivity contribution >= 4 is 17.7 Å². The van der Waals surface area contributed by atoms with E-state index in [0.29, 0.717) is 12.6 Å². The van der Waals surface area contributed by atoms with Gasteiger partial charge in [0.1, 0.15) is 5.69 Å². The molecule has 0 aromatic carbocycles. The SMILES string of the molecule is CN(Cc1cn[nH]c1C(=O)O)C1CCSCC1. The summed E-state index contributed by atoms with van der Waals surface area (Å²) in [6.45, 7) is 0.646. The molecule has 1 aromatic rings. The predicted molar refractivity (Wildman–Crippen MR) is 67.4 cm³/mol. The molecule has 2 rings (SSSR count). The van der Waals surface area contributed by atoms with E-state index >= 15 is 0 Å². The maximum absolute atomic E-state index is 10.9. The lowest BCUT2D eigenvalue weighted by Gasteiger charge is -2.30. The third kappa shape index (κ3) is 3.01. The first-order valence-corrected chi connectivity index (χ1v) is 6.87. The molecule has 1 aliphatic heterocycles. The number of H-pyrrole nitrogens is 1. The molecule has 94 valence electrons. The number of nitrogens with one attached hydrogen (secondary N) is 1. The zero-order valence-corrected chi connectivity index (χ0v) is 10.7. The van der Waals surface area contributed by atoms with Crippen LogP contribution < -0.4 is 0 Å². The normalized spacial score (nSPS) is 17.5. The lowest BCUT2D eigenvalue weighted by molar-refractivity contribution is 0.0687. The van der Waals surface area contributed by atoms with Gasteiger partial charge in [-0.05, 0) is 31.4 Å². The molecule has 17 heavy (non-hydrogen) atoms. The quantitative estimate of drug-likeness (QED) is 0.852. The molecule has 0 atom stereocenters. The molecule has 1 aromatic heterocycles. The number of aromatic carboxylic acids is 1. The van der Waals surface area contributed by atoms with Gasteiger partial charge in [-0.2, -0.15) is 16.9 Å². The van der Waals surface area contributed by atoms with Crippen LogP contribution in [-0.2, 0) is 6.54 Å². The average Bonchev–Trinajstić information content (AvgIpc) is 2.78. The van der Waals surface area contributed by atoms with Gasteiger partial charge in [0.15, 0.2) is 0 Å². The summed E-state index contributed by atoms with van der Waals surface area (Å²) in [4.78, 5) is 13.2. The molecule has 1 aliphatic rings. The van der Waals surface area contributed by atoms with Gasteiger partial charge in [-0.1, -0.05) is 0 Å². The first-order valence-electron chi connectivity index (χ1n) is 5.72. The van der Waals surface area contributed by atoms with Crippen molar-refractivity contribution in [2.45, 2.75) is 25.4 Å². The summed E-state index contributed by atoms with van der Waals surface area (Å²) in [7, 11) is 2.05. The van der Waals surface area contributed by atoms with Crippen molar-refractivity contribution in [3.63, 3.8) is 0 Å². The third-order valence-corrected chi connectivity index (χ3v) is 4.21. The minimum Gasteiger partial charge on any atom is -0.477 e. The highest BCUT2D eigenvalue weighted by Gasteiger charge is 2.21. The summed E-state index contributed by atoms with van der Waals surface area (Å²) in [5.74, 6) is 1.46. The largest absolute Gasteiger partial charge is 0.477 e. The Kier molecular flexibility index (Phi) is 4.06. The van der Waals surface area contributed by atoms with Crippen LogP contribution >= 0.6 is 11.8 Å². The summed E-state index contributed by atoms with van der Waals surface area (Å²) >= 11 is 1.99.